The smallest absolute Gasteiger partial charge is 0.0642 e. The van der Waals surface area contributed by atoms with Crippen molar-refractivity contribution in [3.8, 4) is 0 Å². The van der Waals surface area contributed by atoms with E-state index in [1.165, 1.54) is 0 Å². The average Bonchev–Trinajstić information content (AvgIpc) is 2.31. The van der Waals surface area contributed by atoms with Crippen molar-refractivity contribution in [3.63, 3.8) is 0 Å². The second-order valence-corrected chi connectivity index (χ2v) is 3.94. The van der Waals surface area contributed by atoms with E-state index in [4.69, 9.17) is 10.2 Å². The van der Waals surface area contributed by atoms with E-state index in [-0.39, 0.29) is 13.2 Å². The number of hydrogen-bond donors (Lipinski definition) is 2. The summed E-state index contributed by atoms with van der Waals surface area (Å²) in [4.78, 5) is 0. The fourth-order valence-corrected chi connectivity index (χ4v) is 1.19. The number of rotatable bonds is 6. The summed E-state index contributed by atoms with van der Waals surface area (Å²) < 4.78 is 0. The molecule has 0 aliphatic heterocycles. The van der Waals surface area contributed by atoms with Crippen molar-refractivity contribution in [2.24, 2.45) is 0 Å². The highest BCUT2D eigenvalue weighted by Gasteiger charge is 1.85. The van der Waals surface area contributed by atoms with Gasteiger partial charge in [-0.2, -0.15) is 0 Å². The predicted molar refractivity (Wildman–Crippen MR) is 73.7 cm³/mol. The van der Waals surface area contributed by atoms with Gasteiger partial charge in [-0.15, -0.1) is 0 Å². The molecular formula is C15H22O2. The van der Waals surface area contributed by atoms with Gasteiger partial charge in [0.05, 0.1) is 13.2 Å². The van der Waals surface area contributed by atoms with E-state index < -0.39 is 0 Å². The Hall–Kier alpha value is -1.38. The molecule has 2 N–H and O–H groups in total. The van der Waals surface area contributed by atoms with Crippen LogP contribution in [0.2, 0.25) is 0 Å². The van der Waals surface area contributed by atoms with Crippen LogP contribution in [0, 0.1) is 0 Å². The van der Waals surface area contributed by atoms with Crippen LogP contribution in [0.15, 0.2) is 59.3 Å². The third-order valence-corrected chi connectivity index (χ3v) is 2.04. The molecule has 0 aromatic rings. The molecule has 2 heteroatoms. The van der Waals surface area contributed by atoms with E-state index >= 15 is 0 Å². The van der Waals surface area contributed by atoms with Crippen LogP contribution < -0.4 is 0 Å². The minimum atomic E-state index is 0.0686. The van der Waals surface area contributed by atoms with E-state index in [0.717, 1.165) is 16.7 Å². The molecule has 0 unspecified atom stereocenters. The van der Waals surface area contributed by atoms with Crippen LogP contribution in [-0.4, -0.2) is 23.4 Å². The van der Waals surface area contributed by atoms with Crippen LogP contribution in [0.4, 0.5) is 0 Å². The van der Waals surface area contributed by atoms with Crippen molar-refractivity contribution in [3.05, 3.63) is 59.3 Å². The summed E-state index contributed by atoms with van der Waals surface area (Å²) >= 11 is 0. The van der Waals surface area contributed by atoms with Crippen molar-refractivity contribution in [1.82, 2.24) is 0 Å². The van der Waals surface area contributed by atoms with E-state index in [1.807, 2.05) is 57.2 Å². The molecule has 0 aliphatic rings. The van der Waals surface area contributed by atoms with Crippen molar-refractivity contribution in [2.75, 3.05) is 13.2 Å². The molecule has 0 radical (unpaired) electrons. The third-order valence-electron chi connectivity index (χ3n) is 2.04. The Kier molecular flexibility index (Phi) is 9.02. The van der Waals surface area contributed by atoms with E-state index in [2.05, 4.69) is 0 Å². The number of aliphatic hydroxyl groups is 2. The first-order valence-electron chi connectivity index (χ1n) is 5.67. The average molecular weight is 234 g/mol. The van der Waals surface area contributed by atoms with E-state index in [0.29, 0.717) is 0 Å². The van der Waals surface area contributed by atoms with Gasteiger partial charge >= 0.3 is 0 Å². The molecule has 0 saturated heterocycles. The van der Waals surface area contributed by atoms with Crippen LogP contribution in [-0.2, 0) is 0 Å². The van der Waals surface area contributed by atoms with Crippen LogP contribution in [0.3, 0.4) is 0 Å². The molecule has 0 bridgehead atoms. The summed E-state index contributed by atoms with van der Waals surface area (Å²) in [5, 5.41) is 17.5. The van der Waals surface area contributed by atoms with Gasteiger partial charge in [-0.05, 0) is 26.3 Å². The van der Waals surface area contributed by atoms with Crippen LogP contribution >= 0.6 is 0 Å². The second-order valence-electron chi connectivity index (χ2n) is 3.94. The summed E-state index contributed by atoms with van der Waals surface area (Å²) in [6, 6.07) is 0. The zero-order chi connectivity index (χ0) is 13.1. The first kappa shape index (κ1) is 15.6. The SMILES string of the molecule is C\C(C=CCO)=C/C=C/C=C(C)/C=C(\C)CO. The molecule has 0 aliphatic carbocycles. The lowest BCUT2D eigenvalue weighted by Crippen LogP contribution is -1.83. The Bertz CT molecular complexity index is 355. The van der Waals surface area contributed by atoms with Gasteiger partial charge in [-0.1, -0.05) is 53.7 Å². The molecule has 0 amide bonds. The molecular weight excluding hydrogens is 212 g/mol. The molecule has 0 heterocycles. The first-order chi connectivity index (χ1) is 8.10. The second kappa shape index (κ2) is 9.82. The lowest BCUT2D eigenvalue weighted by molar-refractivity contribution is 0.331. The predicted octanol–water partition coefficient (Wildman–Crippen LogP) is 2.92. The molecule has 0 spiro atoms. The van der Waals surface area contributed by atoms with Crippen LogP contribution in [0.25, 0.3) is 0 Å². The maximum absolute atomic E-state index is 8.86. The standard InChI is InChI=1S/C15H22O2/c1-13(9-6-10-16)7-4-5-8-14(2)11-15(3)12-17/h4-9,11,16-17H,10,12H2,1-3H3/b5-4+,9-6?,13-7+,14-8+,15-11+. The molecule has 0 atom stereocenters. The summed E-state index contributed by atoms with van der Waals surface area (Å²) in [6.45, 7) is 6.03. The lowest BCUT2D eigenvalue weighted by Gasteiger charge is -1.94. The topological polar surface area (TPSA) is 40.5 Å². The highest BCUT2D eigenvalue weighted by molar-refractivity contribution is 5.28. The number of aliphatic hydroxyl groups excluding tert-OH is 2. The minimum absolute atomic E-state index is 0.0686. The maximum Gasteiger partial charge on any atom is 0.0642 e. The lowest BCUT2D eigenvalue weighted by atomic mass is 10.2. The Balaban J connectivity index is 4.36. The molecule has 0 fully saturated rings. The van der Waals surface area contributed by atoms with E-state index in [1.54, 1.807) is 6.08 Å². The Morgan fingerprint density at radius 2 is 1.53 bits per heavy atom. The van der Waals surface area contributed by atoms with E-state index in [9.17, 15) is 0 Å². The third kappa shape index (κ3) is 9.54. The fourth-order valence-electron chi connectivity index (χ4n) is 1.19. The zero-order valence-electron chi connectivity index (χ0n) is 10.9. The molecule has 0 aromatic carbocycles. The van der Waals surface area contributed by atoms with Gasteiger partial charge in [0.2, 0.25) is 0 Å². The zero-order valence-corrected chi connectivity index (χ0v) is 10.9. The molecule has 2 nitrogen and oxygen atoms in total. The van der Waals surface area contributed by atoms with Crippen LogP contribution in [0.5, 0.6) is 0 Å². The van der Waals surface area contributed by atoms with Gasteiger partial charge in [0.15, 0.2) is 0 Å². The molecule has 17 heavy (non-hydrogen) atoms. The summed E-state index contributed by atoms with van der Waals surface area (Å²) in [6.07, 6.45) is 13.4. The van der Waals surface area contributed by atoms with Crippen molar-refractivity contribution in [2.45, 2.75) is 20.8 Å². The highest BCUT2D eigenvalue weighted by atomic mass is 16.3. The van der Waals surface area contributed by atoms with Gasteiger partial charge in [0.25, 0.3) is 0 Å². The molecule has 0 rings (SSSR count). The summed E-state index contributed by atoms with van der Waals surface area (Å²) in [5.41, 5.74) is 3.14. The molecule has 94 valence electrons. The fraction of sp³-hybridized carbons (Fsp3) is 0.333. The molecule has 0 saturated carbocycles. The number of allylic oxidation sites excluding steroid dienone is 8. The summed E-state index contributed by atoms with van der Waals surface area (Å²) in [5.74, 6) is 0. The van der Waals surface area contributed by atoms with Crippen LogP contribution in [0.1, 0.15) is 20.8 Å². The van der Waals surface area contributed by atoms with Crippen molar-refractivity contribution >= 4 is 0 Å². The van der Waals surface area contributed by atoms with Gasteiger partial charge in [-0.25, -0.2) is 0 Å². The van der Waals surface area contributed by atoms with Gasteiger partial charge in [0.1, 0.15) is 0 Å². The minimum Gasteiger partial charge on any atom is -0.392 e. The Morgan fingerprint density at radius 1 is 0.941 bits per heavy atom. The normalized spacial score (nSPS) is 15.2. The summed E-state index contributed by atoms with van der Waals surface area (Å²) in [7, 11) is 0. The quantitative estimate of drug-likeness (QED) is 0.694. The van der Waals surface area contributed by atoms with Gasteiger partial charge < -0.3 is 10.2 Å². The first-order valence-corrected chi connectivity index (χ1v) is 5.67. The maximum atomic E-state index is 8.86. The Labute approximate surface area is 104 Å². The Morgan fingerprint density at radius 3 is 2.06 bits per heavy atom. The van der Waals surface area contributed by atoms with Crippen molar-refractivity contribution in [1.29, 1.82) is 0 Å². The van der Waals surface area contributed by atoms with Crippen molar-refractivity contribution < 1.29 is 10.2 Å². The highest BCUT2D eigenvalue weighted by Crippen LogP contribution is 2.01. The van der Waals surface area contributed by atoms with Gasteiger partial charge in [0, 0.05) is 0 Å². The van der Waals surface area contributed by atoms with Gasteiger partial charge in [-0.3, -0.25) is 0 Å². The largest absolute Gasteiger partial charge is 0.392 e. The molecule has 0 aromatic heterocycles. The number of hydrogen-bond acceptors (Lipinski definition) is 2. The monoisotopic (exact) mass is 234 g/mol.